The van der Waals surface area contributed by atoms with Crippen molar-refractivity contribution in [2.24, 2.45) is 0 Å². The van der Waals surface area contributed by atoms with Crippen molar-refractivity contribution in [1.29, 1.82) is 5.26 Å². The molecule has 23 heavy (non-hydrogen) atoms. The van der Waals surface area contributed by atoms with Crippen molar-refractivity contribution in [3.63, 3.8) is 0 Å². The Bertz CT molecular complexity index is 786. The van der Waals surface area contributed by atoms with Gasteiger partial charge in [0.05, 0.1) is 16.8 Å². The smallest absolute Gasteiger partial charge is 0.340 e. The van der Waals surface area contributed by atoms with E-state index in [1.165, 1.54) is 19.3 Å². The molecule has 1 atom stereocenters. The molecule has 6 nitrogen and oxygen atoms in total. The number of hydrogen-bond acceptors (Lipinski definition) is 5. The van der Waals surface area contributed by atoms with Crippen molar-refractivity contribution < 1.29 is 14.3 Å². The fraction of sp³-hybridized carbons (Fsp3) is 0.125. The maximum Gasteiger partial charge on any atom is 0.340 e. The number of amides is 1. The van der Waals surface area contributed by atoms with Gasteiger partial charge < -0.3 is 10.1 Å². The van der Waals surface area contributed by atoms with E-state index in [4.69, 9.17) is 10.00 Å². The van der Waals surface area contributed by atoms with E-state index in [0.29, 0.717) is 15.7 Å². The highest BCUT2D eigenvalue weighted by Gasteiger charge is 2.20. The lowest BCUT2D eigenvalue weighted by molar-refractivity contribution is -0.123. The SMILES string of the molecule is C[C@@H](OC(=O)c1cncc(Br)c1)C(=O)Nc1ccccc1C#N. The number of benzene rings is 1. The zero-order valence-corrected chi connectivity index (χ0v) is 13.7. The normalized spacial score (nSPS) is 11.2. The minimum Gasteiger partial charge on any atom is -0.449 e. The third-order valence-corrected chi connectivity index (χ3v) is 3.33. The largest absolute Gasteiger partial charge is 0.449 e. The highest BCUT2D eigenvalue weighted by Crippen LogP contribution is 2.15. The van der Waals surface area contributed by atoms with Crippen molar-refractivity contribution in [1.82, 2.24) is 4.98 Å². The van der Waals surface area contributed by atoms with E-state index in [-0.39, 0.29) is 5.56 Å². The quantitative estimate of drug-likeness (QED) is 0.831. The predicted octanol–water partition coefficient (Wildman–Crippen LogP) is 2.90. The van der Waals surface area contributed by atoms with Crippen LogP contribution in [0.15, 0.2) is 47.2 Å². The second-order valence-electron chi connectivity index (χ2n) is 4.59. The summed E-state index contributed by atoms with van der Waals surface area (Å²) in [7, 11) is 0. The van der Waals surface area contributed by atoms with Crippen LogP contribution in [-0.4, -0.2) is 23.0 Å². The highest BCUT2D eigenvalue weighted by molar-refractivity contribution is 9.10. The number of nitrogens with zero attached hydrogens (tertiary/aromatic N) is 2. The van der Waals surface area contributed by atoms with E-state index in [0.717, 1.165) is 0 Å². The van der Waals surface area contributed by atoms with Crippen LogP contribution >= 0.6 is 15.9 Å². The van der Waals surface area contributed by atoms with Crippen LogP contribution in [0.5, 0.6) is 0 Å². The number of carbonyl (C=O) groups excluding carboxylic acids is 2. The summed E-state index contributed by atoms with van der Waals surface area (Å²) in [6.45, 7) is 1.45. The third kappa shape index (κ3) is 4.37. The van der Waals surface area contributed by atoms with Crippen molar-refractivity contribution in [2.45, 2.75) is 13.0 Å². The summed E-state index contributed by atoms with van der Waals surface area (Å²) in [5.74, 6) is -1.18. The molecular formula is C16H12BrN3O3. The number of nitrogens with one attached hydrogen (secondary N) is 1. The Labute approximate surface area is 141 Å². The van der Waals surface area contributed by atoms with Crippen molar-refractivity contribution in [3.05, 3.63) is 58.3 Å². The Kier molecular flexibility index (Phi) is 5.44. The zero-order valence-electron chi connectivity index (χ0n) is 12.1. The van der Waals surface area contributed by atoms with Gasteiger partial charge in [-0.3, -0.25) is 9.78 Å². The van der Waals surface area contributed by atoms with Crippen molar-refractivity contribution in [3.8, 4) is 6.07 Å². The number of esters is 1. The Morgan fingerprint density at radius 3 is 2.78 bits per heavy atom. The molecule has 1 aromatic carbocycles. The van der Waals surface area contributed by atoms with Crippen LogP contribution in [0.1, 0.15) is 22.8 Å². The first-order chi connectivity index (χ1) is 11.0. The van der Waals surface area contributed by atoms with Gasteiger partial charge in [-0.25, -0.2) is 4.79 Å². The van der Waals surface area contributed by atoms with Gasteiger partial charge in [0.25, 0.3) is 5.91 Å². The molecule has 0 fully saturated rings. The third-order valence-electron chi connectivity index (χ3n) is 2.90. The lowest BCUT2D eigenvalue weighted by Crippen LogP contribution is -2.30. The molecule has 2 rings (SSSR count). The highest BCUT2D eigenvalue weighted by atomic mass is 79.9. The first kappa shape index (κ1) is 16.6. The number of nitriles is 1. The number of halogens is 1. The number of anilines is 1. The molecule has 1 aromatic heterocycles. The van der Waals surface area contributed by atoms with Crippen LogP contribution in [-0.2, 0) is 9.53 Å². The summed E-state index contributed by atoms with van der Waals surface area (Å²) in [5, 5.41) is 11.6. The molecule has 0 saturated carbocycles. The zero-order chi connectivity index (χ0) is 16.8. The van der Waals surface area contributed by atoms with Gasteiger partial charge in [0.1, 0.15) is 6.07 Å². The van der Waals surface area contributed by atoms with Crippen LogP contribution < -0.4 is 5.32 Å². The van der Waals surface area contributed by atoms with Crippen molar-refractivity contribution >= 4 is 33.5 Å². The molecule has 0 aliphatic heterocycles. The van der Waals surface area contributed by atoms with Gasteiger partial charge >= 0.3 is 5.97 Å². The Hall–Kier alpha value is -2.72. The van der Waals surface area contributed by atoms with E-state index >= 15 is 0 Å². The molecule has 116 valence electrons. The van der Waals surface area contributed by atoms with Crippen LogP contribution in [0.3, 0.4) is 0 Å². The topological polar surface area (TPSA) is 92.1 Å². The second kappa shape index (κ2) is 7.51. The summed E-state index contributed by atoms with van der Waals surface area (Å²) in [5.41, 5.74) is 0.930. The Balaban J connectivity index is 2.03. The van der Waals surface area contributed by atoms with Crippen LogP contribution in [0, 0.1) is 11.3 Å². The van der Waals surface area contributed by atoms with Crippen molar-refractivity contribution in [2.75, 3.05) is 5.32 Å². The van der Waals surface area contributed by atoms with Crippen LogP contribution in [0.2, 0.25) is 0 Å². The summed E-state index contributed by atoms with van der Waals surface area (Å²) in [6, 6.07) is 10.1. The number of hydrogen-bond donors (Lipinski definition) is 1. The first-order valence-electron chi connectivity index (χ1n) is 6.63. The number of aromatic nitrogens is 1. The second-order valence-corrected chi connectivity index (χ2v) is 5.50. The Morgan fingerprint density at radius 1 is 1.35 bits per heavy atom. The lowest BCUT2D eigenvalue weighted by Gasteiger charge is -2.14. The molecule has 0 unspecified atom stereocenters. The van der Waals surface area contributed by atoms with E-state index < -0.39 is 18.0 Å². The Morgan fingerprint density at radius 2 is 2.09 bits per heavy atom. The van der Waals surface area contributed by atoms with E-state index in [1.807, 2.05) is 6.07 Å². The van der Waals surface area contributed by atoms with E-state index in [9.17, 15) is 9.59 Å². The molecule has 0 bridgehead atoms. The average molecular weight is 374 g/mol. The maximum absolute atomic E-state index is 12.1. The molecular weight excluding hydrogens is 362 g/mol. The van der Waals surface area contributed by atoms with E-state index in [1.54, 1.807) is 30.3 Å². The average Bonchev–Trinajstić information content (AvgIpc) is 2.55. The summed E-state index contributed by atoms with van der Waals surface area (Å²) in [4.78, 5) is 27.9. The van der Waals surface area contributed by atoms with Gasteiger partial charge in [-0.1, -0.05) is 12.1 Å². The fourth-order valence-electron chi connectivity index (χ4n) is 1.73. The summed E-state index contributed by atoms with van der Waals surface area (Å²) >= 11 is 3.21. The molecule has 1 amide bonds. The molecule has 7 heteroatoms. The standard InChI is InChI=1S/C16H12BrN3O3/c1-10(23-16(22)12-6-13(17)9-19-8-12)15(21)20-14-5-3-2-4-11(14)7-18/h2-6,8-10H,1H3,(H,20,21)/t10-/m1/s1. The number of pyridine rings is 1. The predicted molar refractivity (Wildman–Crippen MR) is 86.6 cm³/mol. The number of carbonyl (C=O) groups is 2. The summed E-state index contributed by atoms with van der Waals surface area (Å²) < 4.78 is 5.74. The van der Waals surface area contributed by atoms with Crippen LogP contribution in [0.25, 0.3) is 0 Å². The van der Waals surface area contributed by atoms with Gasteiger partial charge in [0.2, 0.25) is 0 Å². The molecule has 1 N–H and O–H groups in total. The maximum atomic E-state index is 12.1. The first-order valence-corrected chi connectivity index (χ1v) is 7.42. The van der Waals surface area contributed by atoms with Gasteiger partial charge in [-0.15, -0.1) is 0 Å². The minimum absolute atomic E-state index is 0.233. The molecule has 0 aliphatic carbocycles. The summed E-state index contributed by atoms with van der Waals surface area (Å²) in [6.07, 6.45) is 1.86. The number of ether oxygens (including phenoxy) is 1. The molecule has 0 spiro atoms. The molecule has 2 aromatic rings. The van der Waals surface area contributed by atoms with Gasteiger partial charge in [0, 0.05) is 16.9 Å². The van der Waals surface area contributed by atoms with E-state index in [2.05, 4.69) is 26.2 Å². The molecule has 0 aliphatic rings. The number of rotatable bonds is 4. The van der Waals surface area contributed by atoms with Gasteiger partial charge in [-0.05, 0) is 41.1 Å². The fourth-order valence-corrected chi connectivity index (χ4v) is 2.09. The van der Waals surface area contributed by atoms with Crippen LogP contribution in [0.4, 0.5) is 5.69 Å². The molecule has 1 heterocycles. The lowest BCUT2D eigenvalue weighted by atomic mass is 10.2. The van der Waals surface area contributed by atoms with Gasteiger partial charge in [0.15, 0.2) is 6.10 Å². The monoisotopic (exact) mass is 373 g/mol. The molecule has 0 saturated heterocycles. The van der Waals surface area contributed by atoms with Gasteiger partial charge in [-0.2, -0.15) is 5.26 Å². The molecule has 0 radical (unpaired) electrons. The number of para-hydroxylation sites is 1. The minimum atomic E-state index is -1.02.